The number of unbranched alkanes of at least 4 members (excludes halogenated alkanes) is 5. The Balaban J connectivity index is 2.11. The second-order valence-electron chi connectivity index (χ2n) is 10.1. The van der Waals surface area contributed by atoms with Crippen LogP contribution in [0.3, 0.4) is 0 Å². The maximum atomic E-state index is 14.3. The molecule has 0 aliphatic heterocycles. The van der Waals surface area contributed by atoms with Gasteiger partial charge in [-0.05, 0) is 59.4 Å². The third kappa shape index (κ3) is 8.31. The molecule has 0 fully saturated rings. The Bertz CT molecular complexity index is 1290. The molecule has 0 aliphatic carbocycles. The zero-order valence-electron chi connectivity index (χ0n) is 23.5. The summed E-state index contributed by atoms with van der Waals surface area (Å²) in [5.41, 5.74) is 2.44. The summed E-state index contributed by atoms with van der Waals surface area (Å²) in [4.78, 5) is 24.8. The Morgan fingerprint density at radius 2 is 1.65 bits per heavy atom. The van der Waals surface area contributed by atoms with Crippen LogP contribution in [-0.2, 0) is 4.74 Å². The van der Waals surface area contributed by atoms with E-state index >= 15 is 0 Å². The molecule has 1 N–H and O–H groups in total. The summed E-state index contributed by atoms with van der Waals surface area (Å²) in [7, 11) is 0. The molecule has 1 atom stereocenters. The molecule has 3 aromatic carbocycles. The summed E-state index contributed by atoms with van der Waals surface area (Å²) in [6, 6.07) is 13.9. The van der Waals surface area contributed by atoms with Crippen LogP contribution in [0.1, 0.15) is 86.4 Å². The summed E-state index contributed by atoms with van der Waals surface area (Å²) in [5, 5.41) is 9.53. The standard InChI is InChI=1S/C33H38ClFO5/c1-4-6-7-8-9-10-18-39-31-28(33(38)40-21-22(3)5-2)20-27(23-14-16-24(17-15-23)32(36)37)29(30(31)34)25-12-11-13-26(35)19-25/h11-17,19-20,22H,4-10,18,21H2,1-3H3,(H,36,37)/t22-/m0/s1. The number of rotatable bonds is 15. The number of ether oxygens (including phenoxy) is 2. The van der Waals surface area contributed by atoms with Gasteiger partial charge in [-0.15, -0.1) is 0 Å². The highest BCUT2D eigenvalue weighted by Crippen LogP contribution is 2.45. The predicted octanol–water partition coefficient (Wildman–Crippen LogP) is 9.45. The van der Waals surface area contributed by atoms with E-state index in [1.807, 2.05) is 13.8 Å². The van der Waals surface area contributed by atoms with Crippen LogP contribution < -0.4 is 4.74 Å². The molecule has 214 valence electrons. The van der Waals surface area contributed by atoms with Gasteiger partial charge >= 0.3 is 11.9 Å². The normalized spacial score (nSPS) is 11.7. The zero-order valence-corrected chi connectivity index (χ0v) is 24.2. The third-order valence-electron chi connectivity index (χ3n) is 6.94. The van der Waals surface area contributed by atoms with Gasteiger partial charge in [0.1, 0.15) is 11.4 Å². The molecule has 5 nitrogen and oxygen atoms in total. The molecule has 0 heterocycles. The summed E-state index contributed by atoms with van der Waals surface area (Å²) >= 11 is 7.00. The van der Waals surface area contributed by atoms with E-state index in [1.165, 1.54) is 43.5 Å². The Morgan fingerprint density at radius 3 is 2.30 bits per heavy atom. The molecular formula is C33H38ClFO5. The number of carboxylic acids is 1. The van der Waals surface area contributed by atoms with E-state index in [-0.39, 0.29) is 34.4 Å². The highest BCUT2D eigenvalue weighted by Gasteiger charge is 2.26. The molecule has 0 unspecified atom stereocenters. The van der Waals surface area contributed by atoms with Crippen molar-refractivity contribution in [3.05, 3.63) is 76.6 Å². The zero-order chi connectivity index (χ0) is 29.1. The SMILES string of the molecule is CCCCCCCCOc1c(C(=O)OC[C@@H](C)CC)cc(-c2ccc(C(=O)O)cc2)c(-c2cccc(F)c2)c1Cl. The van der Waals surface area contributed by atoms with Crippen molar-refractivity contribution >= 4 is 23.5 Å². The molecule has 7 heteroatoms. The van der Waals surface area contributed by atoms with Gasteiger partial charge in [-0.2, -0.15) is 0 Å². The minimum absolute atomic E-state index is 0.120. The molecule has 0 spiro atoms. The van der Waals surface area contributed by atoms with Gasteiger partial charge in [-0.25, -0.2) is 14.0 Å². The van der Waals surface area contributed by atoms with Crippen LogP contribution in [0.4, 0.5) is 4.39 Å². The monoisotopic (exact) mass is 568 g/mol. The second-order valence-corrected chi connectivity index (χ2v) is 10.5. The van der Waals surface area contributed by atoms with Crippen molar-refractivity contribution in [3.63, 3.8) is 0 Å². The first-order valence-corrected chi connectivity index (χ1v) is 14.4. The van der Waals surface area contributed by atoms with Gasteiger partial charge in [0.2, 0.25) is 0 Å². The quantitative estimate of drug-likeness (QED) is 0.146. The van der Waals surface area contributed by atoms with E-state index in [2.05, 4.69) is 6.92 Å². The Labute approximate surface area is 241 Å². The summed E-state index contributed by atoms with van der Waals surface area (Å²) in [5.74, 6) is -1.67. The maximum absolute atomic E-state index is 14.3. The predicted molar refractivity (Wildman–Crippen MR) is 158 cm³/mol. The summed E-state index contributed by atoms with van der Waals surface area (Å²) in [6.07, 6.45) is 7.30. The number of halogens is 2. The number of aromatic carboxylic acids is 1. The molecule has 0 aromatic heterocycles. The van der Waals surface area contributed by atoms with Gasteiger partial charge in [-0.1, -0.05) is 95.2 Å². The van der Waals surface area contributed by atoms with Crippen molar-refractivity contribution in [1.82, 2.24) is 0 Å². The minimum Gasteiger partial charge on any atom is -0.491 e. The highest BCUT2D eigenvalue weighted by molar-refractivity contribution is 6.36. The highest BCUT2D eigenvalue weighted by atomic mass is 35.5. The lowest BCUT2D eigenvalue weighted by molar-refractivity contribution is 0.0442. The van der Waals surface area contributed by atoms with Gasteiger partial charge in [0.15, 0.2) is 5.75 Å². The van der Waals surface area contributed by atoms with Crippen molar-refractivity contribution in [2.45, 2.75) is 65.7 Å². The number of carbonyl (C=O) groups excluding carboxylic acids is 1. The lowest BCUT2D eigenvalue weighted by atomic mass is 9.91. The first-order chi connectivity index (χ1) is 19.3. The summed E-state index contributed by atoms with van der Waals surface area (Å²) in [6.45, 7) is 6.81. The average molecular weight is 569 g/mol. The van der Waals surface area contributed by atoms with E-state index in [4.69, 9.17) is 21.1 Å². The Hall–Kier alpha value is -3.38. The van der Waals surface area contributed by atoms with Crippen LogP contribution >= 0.6 is 11.6 Å². The molecule has 0 amide bonds. The van der Waals surface area contributed by atoms with Crippen LogP contribution in [0.5, 0.6) is 5.75 Å². The molecule has 3 rings (SSSR count). The smallest absolute Gasteiger partial charge is 0.342 e. The number of hydrogen-bond donors (Lipinski definition) is 1. The number of carbonyl (C=O) groups is 2. The minimum atomic E-state index is -1.05. The van der Waals surface area contributed by atoms with E-state index < -0.39 is 17.8 Å². The largest absolute Gasteiger partial charge is 0.491 e. The van der Waals surface area contributed by atoms with Crippen LogP contribution in [0.15, 0.2) is 54.6 Å². The van der Waals surface area contributed by atoms with Crippen molar-refractivity contribution < 1.29 is 28.6 Å². The lowest BCUT2D eigenvalue weighted by Crippen LogP contribution is -2.14. The van der Waals surface area contributed by atoms with E-state index in [1.54, 1.807) is 30.3 Å². The van der Waals surface area contributed by atoms with Crippen molar-refractivity contribution in [3.8, 4) is 28.0 Å². The van der Waals surface area contributed by atoms with Gasteiger partial charge in [-0.3, -0.25) is 0 Å². The number of benzene rings is 3. The summed E-state index contributed by atoms with van der Waals surface area (Å²) < 4.78 is 26.1. The average Bonchev–Trinajstić information content (AvgIpc) is 2.95. The first-order valence-electron chi connectivity index (χ1n) is 14.0. The Morgan fingerprint density at radius 1 is 0.950 bits per heavy atom. The topological polar surface area (TPSA) is 72.8 Å². The fraction of sp³-hybridized carbons (Fsp3) is 0.394. The van der Waals surface area contributed by atoms with E-state index in [0.717, 1.165) is 25.7 Å². The van der Waals surface area contributed by atoms with E-state index in [9.17, 15) is 19.1 Å². The fourth-order valence-electron chi connectivity index (χ4n) is 4.34. The molecular weight excluding hydrogens is 531 g/mol. The third-order valence-corrected chi connectivity index (χ3v) is 7.30. The Kier molecular flexibility index (Phi) is 12.0. The van der Waals surface area contributed by atoms with Crippen LogP contribution in [0.25, 0.3) is 22.3 Å². The number of esters is 1. The molecule has 3 aromatic rings. The second kappa shape index (κ2) is 15.4. The molecule has 0 bridgehead atoms. The molecule has 0 saturated carbocycles. The molecule has 40 heavy (non-hydrogen) atoms. The fourth-order valence-corrected chi connectivity index (χ4v) is 4.71. The van der Waals surface area contributed by atoms with Crippen LogP contribution in [0, 0.1) is 11.7 Å². The van der Waals surface area contributed by atoms with E-state index in [0.29, 0.717) is 28.9 Å². The molecule has 0 radical (unpaired) electrons. The van der Waals surface area contributed by atoms with Crippen molar-refractivity contribution in [2.24, 2.45) is 5.92 Å². The van der Waals surface area contributed by atoms with Gasteiger partial charge in [0, 0.05) is 5.56 Å². The lowest BCUT2D eigenvalue weighted by Gasteiger charge is -2.20. The number of hydrogen-bond acceptors (Lipinski definition) is 4. The molecule has 0 saturated heterocycles. The van der Waals surface area contributed by atoms with Gasteiger partial charge in [0.05, 0.1) is 23.8 Å². The van der Waals surface area contributed by atoms with Crippen molar-refractivity contribution in [1.29, 1.82) is 0 Å². The van der Waals surface area contributed by atoms with Crippen molar-refractivity contribution in [2.75, 3.05) is 13.2 Å². The van der Waals surface area contributed by atoms with Gasteiger partial charge in [0.25, 0.3) is 0 Å². The van der Waals surface area contributed by atoms with Crippen LogP contribution in [0.2, 0.25) is 5.02 Å². The van der Waals surface area contributed by atoms with Gasteiger partial charge < -0.3 is 14.6 Å². The first kappa shape index (κ1) is 31.2. The van der Waals surface area contributed by atoms with Crippen LogP contribution in [-0.4, -0.2) is 30.3 Å². The number of carboxylic acid groups (broad SMARTS) is 1. The molecule has 0 aliphatic rings. The maximum Gasteiger partial charge on any atom is 0.342 e.